The molecule has 1 amide bonds. The van der Waals surface area contributed by atoms with Crippen LogP contribution < -0.4 is 15.7 Å². The molecule has 0 aromatic heterocycles. The number of carbonyl (C=O) groups excluding carboxylic acids is 1. The van der Waals surface area contributed by atoms with Gasteiger partial charge in [-0.3, -0.25) is 9.69 Å². The summed E-state index contributed by atoms with van der Waals surface area (Å²) >= 11 is 0. The van der Waals surface area contributed by atoms with Gasteiger partial charge in [-0.05, 0) is 30.9 Å². The van der Waals surface area contributed by atoms with E-state index >= 15 is 0 Å². The fraction of sp³-hybridized carbons (Fsp3) is 0.556. The molecule has 5 N–H and O–H groups in total. The third-order valence-corrected chi connectivity index (χ3v) is 5.07. The molecule has 3 rings (SSSR count). The fourth-order valence-electron chi connectivity index (χ4n) is 3.64. The molecule has 1 unspecified atom stereocenters. The van der Waals surface area contributed by atoms with E-state index in [1.54, 1.807) is 12.1 Å². The van der Waals surface area contributed by atoms with Crippen LogP contribution in [0.3, 0.4) is 0 Å². The second-order valence-corrected chi connectivity index (χ2v) is 7.12. The first-order valence-corrected chi connectivity index (χ1v) is 9.51. The molecule has 152 valence electrons. The fourth-order valence-corrected chi connectivity index (χ4v) is 3.64. The average molecular weight is 391 g/mol. The highest BCUT2D eigenvalue weighted by molar-refractivity contribution is 6.47. The van der Waals surface area contributed by atoms with Crippen LogP contribution in [0.1, 0.15) is 28.8 Å². The predicted molar refractivity (Wildman–Crippen MR) is 102 cm³/mol. The number of carboxylic acid groups (broad SMARTS) is 1. The van der Waals surface area contributed by atoms with Crippen LogP contribution in [-0.4, -0.2) is 78.9 Å². The van der Waals surface area contributed by atoms with Crippen molar-refractivity contribution in [2.45, 2.75) is 31.3 Å². The maximum Gasteiger partial charge on any atom is 0.547 e. The molecular formula is C18H26BN3O6. The summed E-state index contributed by atoms with van der Waals surface area (Å²) in [6.07, 6.45) is 2.20. The molecule has 0 saturated carbocycles. The van der Waals surface area contributed by atoms with Crippen LogP contribution in [0.25, 0.3) is 0 Å². The lowest BCUT2D eigenvalue weighted by atomic mass is 9.72. The van der Waals surface area contributed by atoms with Crippen LogP contribution in [-0.2, 0) is 16.0 Å². The maximum absolute atomic E-state index is 12.4. The smallest absolute Gasteiger partial charge is 0.534 e. The number of nitrogens with two attached hydrogens (primary N) is 1. The van der Waals surface area contributed by atoms with E-state index in [1.165, 1.54) is 6.07 Å². The number of likely N-dealkylation sites (tertiary alicyclic amines) is 1. The molecule has 10 heteroatoms. The summed E-state index contributed by atoms with van der Waals surface area (Å²) in [7, 11) is -1.30. The molecule has 1 fully saturated rings. The Balaban J connectivity index is 1.51. The Bertz CT molecular complexity index is 711. The van der Waals surface area contributed by atoms with E-state index in [0.717, 1.165) is 25.9 Å². The van der Waals surface area contributed by atoms with E-state index in [0.29, 0.717) is 25.1 Å². The number of piperidine rings is 1. The number of nitrogens with one attached hydrogen (secondary N) is 1. The van der Waals surface area contributed by atoms with Crippen LogP contribution in [0.5, 0.6) is 5.75 Å². The van der Waals surface area contributed by atoms with E-state index < -0.39 is 19.0 Å². The summed E-state index contributed by atoms with van der Waals surface area (Å²) in [5, 5.41) is 22.3. The van der Waals surface area contributed by atoms with Crippen molar-refractivity contribution >= 4 is 19.0 Å². The molecule has 1 aromatic rings. The van der Waals surface area contributed by atoms with Crippen molar-refractivity contribution < 1.29 is 29.1 Å². The van der Waals surface area contributed by atoms with Gasteiger partial charge in [0.1, 0.15) is 5.75 Å². The summed E-state index contributed by atoms with van der Waals surface area (Å²) in [6, 6.07) is 4.78. The molecule has 0 spiro atoms. The van der Waals surface area contributed by atoms with E-state index in [4.69, 9.17) is 15.1 Å². The number of ether oxygens (including phenoxy) is 1. The largest absolute Gasteiger partial charge is 0.547 e. The number of rotatable bonds is 7. The molecule has 0 aliphatic carbocycles. The van der Waals surface area contributed by atoms with Crippen molar-refractivity contribution in [1.82, 2.24) is 10.2 Å². The third-order valence-electron chi connectivity index (χ3n) is 5.07. The summed E-state index contributed by atoms with van der Waals surface area (Å²) in [5.74, 6) is -1.79. The standard InChI is InChI=1S/C18H26BN3O6/c20-6-9-27-13-4-7-22(8-5-13)11-16(23)21-15-10-12-2-1-3-14(18(24)25)17(12)28-19(15)26/h1-3,13,15,26H,4-11,20H2,(H,21,23)(H,24,25). The van der Waals surface area contributed by atoms with Crippen LogP contribution >= 0.6 is 0 Å². The minimum atomic E-state index is -1.30. The Kier molecular flexibility index (Phi) is 6.90. The van der Waals surface area contributed by atoms with E-state index in [9.17, 15) is 19.7 Å². The van der Waals surface area contributed by atoms with Gasteiger partial charge in [0, 0.05) is 19.6 Å². The van der Waals surface area contributed by atoms with Gasteiger partial charge in [0.15, 0.2) is 0 Å². The summed E-state index contributed by atoms with van der Waals surface area (Å²) in [5.41, 5.74) is 6.09. The lowest BCUT2D eigenvalue weighted by molar-refractivity contribution is -0.123. The number of benzene rings is 1. The van der Waals surface area contributed by atoms with Crippen LogP contribution in [0.4, 0.5) is 0 Å². The maximum atomic E-state index is 12.4. The number of hydrogen-bond donors (Lipinski definition) is 4. The molecule has 1 saturated heterocycles. The first kappa shape index (κ1) is 20.6. The topological polar surface area (TPSA) is 134 Å². The van der Waals surface area contributed by atoms with Crippen LogP contribution in [0, 0.1) is 0 Å². The number of amides is 1. The van der Waals surface area contributed by atoms with Gasteiger partial charge in [-0.15, -0.1) is 0 Å². The summed E-state index contributed by atoms with van der Waals surface area (Å²) < 4.78 is 11.0. The highest BCUT2D eigenvalue weighted by Gasteiger charge is 2.38. The number of para-hydroxylation sites is 1. The van der Waals surface area contributed by atoms with Gasteiger partial charge in [0.2, 0.25) is 5.91 Å². The van der Waals surface area contributed by atoms with E-state index in [2.05, 4.69) is 5.32 Å². The Hall–Kier alpha value is -2.14. The summed E-state index contributed by atoms with van der Waals surface area (Å²) in [4.78, 5) is 25.7. The first-order chi connectivity index (χ1) is 13.5. The van der Waals surface area contributed by atoms with E-state index in [1.807, 2.05) is 4.90 Å². The van der Waals surface area contributed by atoms with Gasteiger partial charge in [0.05, 0.1) is 30.8 Å². The molecule has 1 atom stereocenters. The zero-order valence-electron chi connectivity index (χ0n) is 15.7. The van der Waals surface area contributed by atoms with Gasteiger partial charge < -0.3 is 30.6 Å². The Morgan fingerprint density at radius 1 is 1.36 bits per heavy atom. The predicted octanol–water partition coefficient (Wildman–Crippen LogP) is -0.736. The Morgan fingerprint density at radius 3 is 2.79 bits per heavy atom. The SMILES string of the molecule is NCCOC1CCN(CC(=O)NC2Cc3cccc(C(=O)O)c3OB2O)CC1. The van der Waals surface area contributed by atoms with Crippen molar-refractivity contribution in [2.24, 2.45) is 5.73 Å². The second-order valence-electron chi connectivity index (χ2n) is 7.12. The molecule has 28 heavy (non-hydrogen) atoms. The summed E-state index contributed by atoms with van der Waals surface area (Å²) in [6.45, 7) is 2.81. The van der Waals surface area contributed by atoms with Crippen molar-refractivity contribution in [1.29, 1.82) is 0 Å². The zero-order valence-corrected chi connectivity index (χ0v) is 15.7. The van der Waals surface area contributed by atoms with Gasteiger partial charge in [-0.2, -0.15) is 0 Å². The van der Waals surface area contributed by atoms with Gasteiger partial charge in [-0.25, -0.2) is 4.79 Å². The quantitative estimate of drug-likeness (QED) is 0.447. The molecule has 0 radical (unpaired) electrons. The zero-order chi connectivity index (χ0) is 20.1. The van der Waals surface area contributed by atoms with Crippen LogP contribution in [0.15, 0.2) is 18.2 Å². The molecule has 0 bridgehead atoms. The number of aromatic carboxylic acids is 1. The average Bonchev–Trinajstić information content (AvgIpc) is 2.67. The number of nitrogens with zero attached hydrogens (tertiary/aromatic N) is 1. The second kappa shape index (κ2) is 9.38. The highest BCUT2D eigenvalue weighted by Crippen LogP contribution is 2.30. The van der Waals surface area contributed by atoms with Gasteiger partial charge >= 0.3 is 13.1 Å². The number of carbonyl (C=O) groups is 2. The molecule has 2 heterocycles. The molecular weight excluding hydrogens is 365 g/mol. The monoisotopic (exact) mass is 391 g/mol. The number of hydrogen-bond acceptors (Lipinski definition) is 7. The van der Waals surface area contributed by atoms with Gasteiger partial charge in [-0.1, -0.05) is 12.1 Å². The Morgan fingerprint density at radius 2 is 2.11 bits per heavy atom. The van der Waals surface area contributed by atoms with Crippen LogP contribution in [0.2, 0.25) is 0 Å². The Labute approximate surface area is 163 Å². The molecule has 2 aliphatic heterocycles. The highest BCUT2D eigenvalue weighted by atomic mass is 16.5. The number of fused-ring (bicyclic) bond motifs is 1. The molecule has 9 nitrogen and oxygen atoms in total. The molecule has 2 aliphatic rings. The minimum absolute atomic E-state index is 0.000974. The lowest BCUT2D eigenvalue weighted by Crippen LogP contribution is -2.55. The van der Waals surface area contributed by atoms with Gasteiger partial charge in [0.25, 0.3) is 0 Å². The minimum Gasteiger partial charge on any atom is -0.534 e. The van der Waals surface area contributed by atoms with Crippen molar-refractivity contribution in [3.8, 4) is 5.75 Å². The van der Waals surface area contributed by atoms with E-state index in [-0.39, 0.29) is 29.9 Å². The lowest BCUT2D eigenvalue weighted by Gasteiger charge is -2.32. The number of carboxylic acids is 1. The van der Waals surface area contributed by atoms with Crippen molar-refractivity contribution in [2.75, 3.05) is 32.8 Å². The van der Waals surface area contributed by atoms with Crippen molar-refractivity contribution in [3.63, 3.8) is 0 Å². The normalized spacial score (nSPS) is 20.4. The van der Waals surface area contributed by atoms with Crippen molar-refractivity contribution in [3.05, 3.63) is 29.3 Å². The first-order valence-electron chi connectivity index (χ1n) is 9.51. The third kappa shape index (κ3) is 5.02. The molecule has 1 aromatic carbocycles.